The molecular formula is C22H30NO3P. The lowest BCUT2D eigenvalue weighted by Gasteiger charge is -2.26. The summed E-state index contributed by atoms with van der Waals surface area (Å²) in [5.74, 6) is -0.138. The molecule has 3 rings (SSSR count). The van der Waals surface area contributed by atoms with E-state index in [-0.39, 0.29) is 12.5 Å². The molecule has 0 saturated carbocycles. The second-order valence-corrected chi connectivity index (χ2v) is 7.42. The smallest absolute Gasteiger partial charge is 0.307 e. The quantitative estimate of drug-likeness (QED) is 0.716. The third-order valence-corrected chi connectivity index (χ3v) is 4.93. The van der Waals surface area contributed by atoms with Crippen molar-refractivity contribution in [3.8, 4) is 5.75 Å². The van der Waals surface area contributed by atoms with Crippen molar-refractivity contribution in [1.29, 1.82) is 0 Å². The Hall–Kier alpha value is -1.90. The lowest BCUT2D eigenvalue weighted by molar-refractivity contribution is -0.140. The predicted octanol–water partition coefficient (Wildman–Crippen LogP) is 4.91. The highest BCUT2D eigenvalue weighted by molar-refractivity contribution is 7.13. The van der Waals surface area contributed by atoms with Gasteiger partial charge in [-0.3, -0.25) is 9.88 Å². The minimum atomic E-state index is -0.859. The summed E-state index contributed by atoms with van der Waals surface area (Å²) in [6, 6.07) is 14.7. The largest absolute Gasteiger partial charge is 0.487 e. The molecule has 146 valence electrons. The van der Waals surface area contributed by atoms with Crippen LogP contribution in [0.25, 0.3) is 0 Å². The van der Waals surface area contributed by atoms with Gasteiger partial charge >= 0.3 is 5.97 Å². The number of carboxylic acid groups (broad SMARTS) is 1. The highest BCUT2D eigenvalue weighted by atomic mass is 31.0. The number of carbonyl (C=O) groups is 1. The third-order valence-electron chi connectivity index (χ3n) is 4.59. The molecule has 2 unspecified atom stereocenters. The van der Waals surface area contributed by atoms with Crippen LogP contribution in [0, 0.1) is 0 Å². The van der Waals surface area contributed by atoms with E-state index in [0.717, 1.165) is 18.6 Å². The molecule has 2 aromatic rings. The lowest BCUT2D eigenvalue weighted by atomic mass is 9.95. The first-order valence-corrected chi connectivity index (χ1v) is 10.0. The molecule has 2 N–H and O–H groups in total. The van der Waals surface area contributed by atoms with Crippen molar-refractivity contribution in [2.75, 3.05) is 0 Å². The minimum Gasteiger partial charge on any atom is -0.487 e. The summed E-state index contributed by atoms with van der Waals surface area (Å²) in [5, 5.41) is 12.4. The Balaban J connectivity index is 0.00000126. The molecule has 0 amide bonds. The SMILES string of the molecule is CC.CC(C)(CC(=O)O)Oc1ccc2c(c1)CCc1ccccc1C2NP. The van der Waals surface area contributed by atoms with Crippen molar-refractivity contribution in [2.45, 2.75) is 58.6 Å². The van der Waals surface area contributed by atoms with Crippen LogP contribution in [0.4, 0.5) is 0 Å². The average molecular weight is 387 g/mol. The predicted molar refractivity (Wildman–Crippen MR) is 113 cm³/mol. The van der Waals surface area contributed by atoms with Crippen molar-refractivity contribution >= 4 is 15.4 Å². The fourth-order valence-electron chi connectivity index (χ4n) is 3.52. The number of aryl methyl sites for hydroxylation is 2. The Morgan fingerprint density at radius 1 is 1.15 bits per heavy atom. The highest BCUT2D eigenvalue weighted by Crippen LogP contribution is 2.35. The van der Waals surface area contributed by atoms with Gasteiger partial charge in [0.05, 0.1) is 12.5 Å². The zero-order chi connectivity index (χ0) is 20.0. The van der Waals surface area contributed by atoms with Gasteiger partial charge in [0, 0.05) is 0 Å². The minimum absolute atomic E-state index is 0.0364. The molecule has 2 aromatic carbocycles. The molecule has 0 bridgehead atoms. The van der Waals surface area contributed by atoms with Crippen molar-refractivity contribution in [2.24, 2.45) is 0 Å². The molecule has 0 spiro atoms. The van der Waals surface area contributed by atoms with Gasteiger partial charge in [0.2, 0.25) is 0 Å². The summed E-state index contributed by atoms with van der Waals surface area (Å²) in [7, 11) is 2.63. The van der Waals surface area contributed by atoms with Gasteiger partial charge in [0.15, 0.2) is 0 Å². The van der Waals surface area contributed by atoms with E-state index in [2.05, 4.69) is 50.9 Å². The Morgan fingerprint density at radius 3 is 2.44 bits per heavy atom. The van der Waals surface area contributed by atoms with Crippen LogP contribution in [0.5, 0.6) is 5.75 Å². The van der Waals surface area contributed by atoms with E-state index in [1.165, 1.54) is 22.3 Å². The summed E-state index contributed by atoms with van der Waals surface area (Å²) in [6.07, 6.45) is 1.88. The number of hydrogen-bond donors (Lipinski definition) is 2. The van der Waals surface area contributed by atoms with E-state index in [4.69, 9.17) is 9.84 Å². The summed E-state index contributed by atoms with van der Waals surface area (Å²) in [6.45, 7) is 7.60. The van der Waals surface area contributed by atoms with Crippen molar-refractivity contribution in [3.63, 3.8) is 0 Å². The summed E-state index contributed by atoms with van der Waals surface area (Å²) >= 11 is 0. The number of hydrogen-bond acceptors (Lipinski definition) is 3. The van der Waals surface area contributed by atoms with Gasteiger partial charge in [0.25, 0.3) is 0 Å². The fraction of sp³-hybridized carbons (Fsp3) is 0.409. The first kappa shape index (κ1) is 21.4. The number of rotatable bonds is 5. The fourth-order valence-corrected chi connectivity index (χ4v) is 3.88. The molecule has 0 saturated heterocycles. The first-order chi connectivity index (χ1) is 12.9. The third kappa shape index (κ3) is 5.31. The van der Waals surface area contributed by atoms with Crippen LogP contribution >= 0.6 is 9.39 Å². The number of ether oxygens (including phenoxy) is 1. The molecule has 0 heterocycles. The maximum atomic E-state index is 11.0. The number of aliphatic carboxylic acids is 1. The van der Waals surface area contributed by atoms with Gasteiger partial charge in [-0.1, -0.05) is 53.6 Å². The number of carboxylic acids is 1. The van der Waals surface area contributed by atoms with E-state index >= 15 is 0 Å². The van der Waals surface area contributed by atoms with Crippen LogP contribution in [0.1, 0.15) is 62.4 Å². The van der Waals surface area contributed by atoms with E-state index in [9.17, 15) is 4.79 Å². The lowest BCUT2D eigenvalue weighted by Crippen LogP contribution is -2.31. The van der Waals surface area contributed by atoms with Crippen LogP contribution in [0.2, 0.25) is 0 Å². The molecule has 1 aliphatic rings. The zero-order valence-electron chi connectivity index (χ0n) is 16.6. The second-order valence-electron chi connectivity index (χ2n) is 7.09. The monoisotopic (exact) mass is 387 g/mol. The Kier molecular flexibility index (Phi) is 7.41. The topological polar surface area (TPSA) is 58.6 Å². The van der Waals surface area contributed by atoms with E-state index < -0.39 is 11.6 Å². The summed E-state index contributed by atoms with van der Waals surface area (Å²) in [5.41, 5.74) is 4.39. The molecule has 4 nitrogen and oxygen atoms in total. The number of benzene rings is 2. The molecule has 1 aliphatic carbocycles. The first-order valence-electron chi connectivity index (χ1n) is 9.47. The number of nitrogens with one attached hydrogen (secondary N) is 1. The van der Waals surface area contributed by atoms with Gasteiger partial charge in [-0.15, -0.1) is 0 Å². The zero-order valence-corrected chi connectivity index (χ0v) is 17.7. The van der Waals surface area contributed by atoms with Gasteiger partial charge in [-0.05, 0) is 61.1 Å². The Labute approximate surface area is 164 Å². The van der Waals surface area contributed by atoms with Crippen LogP contribution in [-0.2, 0) is 17.6 Å². The molecule has 0 radical (unpaired) electrons. The van der Waals surface area contributed by atoms with Gasteiger partial charge in [0.1, 0.15) is 11.4 Å². The van der Waals surface area contributed by atoms with Crippen LogP contribution < -0.4 is 9.82 Å². The second kappa shape index (κ2) is 9.34. The van der Waals surface area contributed by atoms with Gasteiger partial charge in [-0.25, -0.2) is 0 Å². The normalized spacial score (nSPS) is 15.5. The van der Waals surface area contributed by atoms with Crippen LogP contribution in [0.15, 0.2) is 42.5 Å². The van der Waals surface area contributed by atoms with Gasteiger partial charge < -0.3 is 9.84 Å². The molecule has 5 heteroatoms. The highest BCUT2D eigenvalue weighted by Gasteiger charge is 2.26. The average Bonchev–Trinajstić information content (AvgIpc) is 2.78. The van der Waals surface area contributed by atoms with Crippen LogP contribution in [0.3, 0.4) is 0 Å². The van der Waals surface area contributed by atoms with E-state index in [1.54, 1.807) is 13.8 Å². The van der Waals surface area contributed by atoms with E-state index in [0.29, 0.717) is 0 Å². The Bertz CT molecular complexity index is 789. The van der Waals surface area contributed by atoms with Gasteiger partial charge in [-0.2, -0.15) is 0 Å². The molecule has 0 aliphatic heterocycles. The van der Waals surface area contributed by atoms with Crippen molar-refractivity contribution in [1.82, 2.24) is 5.09 Å². The Morgan fingerprint density at radius 2 is 1.78 bits per heavy atom. The maximum absolute atomic E-state index is 11.0. The molecule has 0 fully saturated rings. The molecule has 2 atom stereocenters. The maximum Gasteiger partial charge on any atom is 0.307 e. The molecule has 0 aromatic heterocycles. The summed E-state index contributed by atoms with van der Waals surface area (Å²) in [4.78, 5) is 11.0. The molecule has 27 heavy (non-hydrogen) atoms. The van der Waals surface area contributed by atoms with Crippen molar-refractivity contribution < 1.29 is 14.6 Å². The van der Waals surface area contributed by atoms with Crippen molar-refractivity contribution in [3.05, 3.63) is 64.7 Å². The van der Waals surface area contributed by atoms with Crippen LogP contribution in [-0.4, -0.2) is 16.7 Å². The molecular weight excluding hydrogens is 357 g/mol. The number of fused-ring (bicyclic) bond motifs is 2. The van der Waals surface area contributed by atoms with E-state index in [1.807, 2.05) is 19.9 Å². The summed E-state index contributed by atoms with van der Waals surface area (Å²) < 4.78 is 5.96. The standard InChI is InChI=1S/C20H24NO3P.C2H6/c1-20(2,12-18(22)23)24-15-9-10-17-14(11-15)8-7-13-5-3-4-6-16(13)19(17)21-25;1-2/h3-6,9-11,19,21H,7-8,12,25H2,1-2H3,(H,22,23);1-2H3.